The number of nitrogens with one attached hydrogen (secondary N) is 1. The van der Waals surface area contributed by atoms with E-state index in [1.807, 2.05) is 28.8 Å². The van der Waals surface area contributed by atoms with E-state index in [2.05, 4.69) is 56.8 Å². The van der Waals surface area contributed by atoms with E-state index in [9.17, 15) is 4.79 Å². The molecule has 4 aromatic rings. The molecule has 0 aliphatic heterocycles. The molecule has 3 N–H and O–H groups in total. The number of carbonyl (C=O) groups excluding carboxylic acids is 1. The van der Waals surface area contributed by atoms with Crippen molar-refractivity contribution < 1.29 is 4.79 Å². The van der Waals surface area contributed by atoms with Crippen molar-refractivity contribution in [1.29, 1.82) is 0 Å². The standard InChI is InChI=1S/C22H23N7O/c1-2-3-8-20-24-13-19(21(23)30)29(20)14-15-9-11-16(12-10-15)17-6-4-5-7-18(17)22-25-27-28-26-22/h4-7,9-13H,2-3,8,14H2,1H3,(H2,23,30)(H,25,26,27,28). The largest absolute Gasteiger partial charge is 0.364 e. The topological polar surface area (TPSA) is 115 Å². The quantitative estimate of drug-likeness (QED) is 0.470. The van der Waals surface area contributed by atoms with Crippen LogP contribution in [-0.2, 0) is 13.0 Å². The Kier molecular flexibility index (Phi) is 5.65. The number of primary amides is 1. The van der Waals surface area contributed by atoms with Crippen molar-refractivity contribution in [2.45, 2.75) is 32.7 Å². The summed E-state index contributed by atoms with van der Waals surface area (Å²) in [5.41, 5.74) is 10.1. The number of aromatic nitrogens is 6. The van der Waals surface area contributed by atoms with E-state index in [0.717, 1.165) is 47.3 Å². The number of unbranched alkanes of at least 4 members (excludes halogenated alkanes) is 1. The SMILES string of the molecule is CCCCc1ncc(C(N)=O)n1Cc1ccc(-c2ccccc2-c2nnn[nH]2)cc1. The number of hydrogen-bond acceptors (Lipinski definition) is 5. The van der Waals surface area contributed by atoms with E-state index in [1.54, 1.807) is 6.20 Å². The lowest BCUT2D eigenvalue weighted by Gasteiger charge is -2.12. The van der Waals surface area contributed by atoms with Crippen LogP contribution >= 0.6 is 0 Å². The lowest BCUT2D eigenvalue weighted by molar-refractivity contribution is 0.0991. The monoisotopic (exact) mass is 401 g/mol. The summed E-state index contributed by atoms with van der Waals surface area (Å²) in [5.74, 6) is 1.05. The van der Waals surface area contributed by atoms with Crippen LogP contribution < -0.4 is 5.73 Å². The first-order valence-electron chi connectivity index (χ1n) is 9.94. The number of tetrazole rings is 1. The molecule has 0 unspecified atom stereocenters. The molecule has 1 amide bonds. The molecule has 152 valence electrons. The number of nitrogens with zero attached hydrogens (tertiary/aromatic N) is 5. The van der Waals surface area contributed by atoms with Gasteiger partial charge in [0.25, 0.3) is 5.91 Å². The molecule has 4 rings (SSSR count). The van der Waals surface area contributed by atoms with E-state index in [0.29, 0.717) is 18.1 Å². The first kappa shape index (κ1) is 19.5. The fraction of sp³-hybridized carbons (Fsp3) is 0.227. The number of nitrogens with two attached hydrogens (primary N) is 1. The molecule has 0 aliphatic carbocycles. The van der Waals surface area contributed by atoms with Crippen LogP contribution in [0.1, 0.15) is 41.6 Å². The smallest absolute Gasteiger partial charge is 0.266 e. The van der Waals surface area contributed by atoms with Crippen molar-refractivity contribution in [3.63, 3.8) is 0 Å². The number of carbonyl (C=O) groups is 1. The molecule has 0 saturated heterocycles. The van der Waals surface area contributed by atoms with Crippen molar-refractivity contribution in [3.05, 3.63) is 71.8 Å². The van der Waals surface area contributed by atoms with E-state index >= 15 is 0 Å². The van der Waals surface area contributed by atoms with Gasteiger partial charge in [-0.2, -0.15) is 0 Å². The third-order valence-electron chi connectivity index (χ3n) is 5.08. The van der Waals surface area contributed by atoms with Crippen molar-refractivity contribution in [2.75, 3.05) is 0 Å². The Hall–Kier alpha value is -3.81. The highest BCUT2D eigenvalue weighted by Gasteiger charge is 2.15. The molecule has 30 heavy (non-hydrogen) atoms. The predicted molar refractivity (Wildman–Crippen MR) is 114 cm³/mol. The van der Waals surface area contributed by atoms with E-state index in [1.165, 1.54) is 0 Å². The molecule has 2 aromatic heterocycles. The van der Waals surface area contributed by atoms with Gasteiger partial charge in [0, 0.05) is 18.5 Å². The minimum atomic E-state index is -0.462. The molecule has 2 heterocycles. The summed E-state index contributed by atoms with van der Waals surface area (Å²) >= 11 is 0. The second-order valence-corrected chi connectivity index (χ2v) is 7.11. The summed E-state index contributed by atoms with van der Waals surface area (Å²) in [4.78, 5) is 16.2. The summed E-state index contributed by atoms with van der Waals surface area (Å²) in [5, 5.41) is 14.2. The van der Waals surface area contributed by atoms with Crippen LogP contribution in [0.4, 0.5) is 0 Å². The fourth-order valence-corrected chi connectivity index (χ4v) is 3.51. The second-order valence-electron chi connectivity index (χ2n) is 7.11. The van der Waals surface area contributed by atoms with Gasteiger partial charge in [-0.1, -0.05) is 61.9 Å². The zero-order chi connectivity index (χ0) is 20.9. The maximum atomic E-state index is 11.8. The minimum Gasteiger partial charge on any atom is -0.364 e. The number of imidazole rings is 1. The number of aromatic amines is 1. The van der Waals surface area contributed by atoms with Crippen molar-refractivity contribution in [3.8, 4) is 22.5 Å². The molecule has 0 aliphatic rings. The van der Waals surface area contributed by atoms with Crippen LogP contribution in [0, 0.1) is 0 Å². The summed E-state index contributed by atoms with van der Waals surface area (Å²) in [6.07, 6.45) is 4.47. The molecule has 0 bridgehead atoms. The van der Waals surface area contributed by atoms with E-state index in [4.69, 9.17) is 5.73 Å². The van der Waals surface area contributed by atoms with Gasteiger partial charge in [-0.3, -0.25) is 4.79 Å². The van der Waals surface area contributed by atoms with Crippen molar-refractivity contribution in [2.24, 2.45) is 5.73 Å². The Bertz CT molecular complexity index is 1130. The summed E-state index contributed by atoms with van der Waals surface area (Å²) in [7, 11) is 0. The lowest BCUT2D eigenvalue weighted by Crippen LogP contribution is -2.18. The van der Waals surface area contributed by atoms with Crippen LogP contribution in [0.3, 0.4) is 0 Å². The first-order valence-corrected chi connectivity index (χ1v) is 9.94. The zero-order valence-corrected chi connectivity index (χ0v) is 16.7. The van der Waals surface area contributed by atoms with Crippen molar-refractivity contribution in [1.82, 2.24) is 30.2 Å². The highest BCUT2D eigenvalue weighted by molar-refractivity contribution is 5.91. The van der Waals surface area contributed by atoms with Crippen LogP contribution in [0.25, 0.3) is 22.5 Å². The summed E-state index contributed by atoms with van der Waals surface area (Å²) in [6, 6.07) is 16.2. The number of H-pyrrole nitrogens is 1. The van der Waals surface area contributed by atoms with E-state index in [-0.39, 0.29) is 0 Å². The molecule has 0 fully saturated rings. The highest BCUT2D eigenvalue weighted by atomic mass is 16.1. The number of hydrogen-bond donors (Lipinski definition) is 2. The number of amides is 1. The van der Waals surface area contributed by atoms with Crippen molar-refractivity contribution >= 4 is 5.91 Å². The summed E-state index contributed by atoms with van der Waals surface area (Å²) < 4.78 is 1.92. The van der Waals surface area contributed by atoms with Gasteiger partial charge in [0.05, 0.1) is 6.20 Å². The van der Waals surface area contributed by atoms with Gasteiger partial charge in [-0.15, -0.1) is 5.10 Å². The van der Waals surface area contributed by atoms with Crippen LogP contribution in [0.5, 0.6) is 0 Å². The minimum absolute atomic E-state index is 0.438. The molecular formula is C22H23N7O. The Balaban J connectivity index is 1.62. The fourth-order valence-electron chi connectivity index (χ4n) is 3.51. The first-order chi connectivity index (χ1) is 14.7. The molecule has 0 saturated carbocycles. The van der Waals surface area contributed by atoms with Gasteiger partial charge in [-0.05, 0) is 33.5 Å². The van der Waals surface area contributed by atoms with Gasteiger partial charge in [0.2, 0.25) is 0 Å². The average molecular weight is 401 g/mol. The number of aryl methyl sites for hydroxylation is 1. The van der Waals surface area contributed by atoms with Gasteiger partial charge < -0.3 is 10.3 Å². The number of benzene rings is 2. The van der Waals surface area contributed by atoms with Gasteiger partial charge in [0.15, 0.2) is 5.82 Å². The normalized spacial score (nSPS) is 11.0. The predicted octanol–water partition coefficient (Wildman–Crippen LogP) is 3.22. The maximum absolute atomic E-state index is 11.8. The Morgan fingerprint density at radius 3 is 2.53 bits per heavy atom. The third kappa shape index (κ3) is 3.98. The molecular weight excluding hydrogens is 378 g/mol. The van der Waals surface area contributed by atoms with Crippen LogP contribution in [-0.4, -0.2) is 36.1 Å². The zero-order valence-electron chi connectivity index (χ0n) is 16.7. The molecule has 8 nitrogen and oxygen atoms in total. The maximum Gasteiger partial charge on any atom is 0.266 e. The molecule has 0 atom stereocenters. The average Bonchev–Trinajstić information content (AvgIpc) is 3.43. The molecule has 0 spiro atoms. The van der Waals surface area contributed by atoms with Crippen LogP contribution in [0.2, 0.25) is 0 Å². The molecule has 0 radical (unpaired) electrons. The lowest BCUT2D eigenvalue weighted by atomic mass is 9.98. The number of rotatable bonds is 8. The van der Waals surface area contributed by atoms with Gasteiger partial charge >= 0.3 is 0 Å². The Labute approximate surface area is 174 Å². The summed E-state index contributed by atoms with van der Waals surface area (Å²) in [6.45, 7) is 2.68. The van der Waals surface area contributed by atoms with Crippen LogP contribution in [0.15, 0.2) is 54.7 Å². The molecule has 2 aromatic carbocycles. The Morgan fingerprint density at radius 1 is 1.10 bits per heavy atom. The van der Waals surface area contributed by atoms with Gasteiger partial charge in [-0.25, -0.2) is 10.1 Å². The van der Waals surface area contributed by atoms with E-state index < -0.39 is 5.91 Å². The third-order valence-corrected chi connectivity index (χ3v) is 5.08. The Morgan fingerprint density at radius 2 is 1.87 bits per heavy atom. The van der Waals surface area contributed by atoms with Gasteiger partial charge in [0.1, 0.15) is 11.5 Å². The highest BCUT2D eigenvalue weighted by Crippen LogP contribution is 2.29. The second kappa shape index (κ2) is 8.69. The molecule has 8 heteroatoms.